The number of phenolic OH excluding ortho intramolecular Hbond substituents is 1. The molecule has 0 saturated carbocycles. The lowest BCUT2D eigenvalue weighted by atomic mass is 9.98. The summed E-state index contributed by atoms with van der Waals surface area (Å²) in [5.74, 6) is 0.633. The molecular formula is C25H33N3O3. The first-order valence-corrected chi connectivity index (χ1v) is 11.1. The average Bonchev–Trinajstić information content (AvgIpc) is 3.18. The van der Waals surface area contributed by atoms with E-state index in [1.165, 1.54) is 16.7 Å². The maximum atomic E-state index is 13.3. The van der Waals surface area contributed by atoms with E-state index in [0.717, 1.165) is 38.3 Å². The normalized spacial score (nSPS) is 17.3. The van der Waals surface area contributed by atoms with Crippen LogP contribution in [-0.2, 0) is 19.6 Å². The number of likely N-dealkylation sites (N-methyl/N-ethyl adjacent to an activating group) is 1. The smallest absolute Gasteiger partial charge is 0.258 e. The Morgan fingerprint density at radius 1 is 1.06 bits per heavy atom. The zero-order valence-corrected chi connectivity index (χ0v) is 19.0. The topological polar surface area (TPSA) is 56.3 Å². The van der Waals surface area contributed by atoms with Crippen molar-refractivity contribution in [2.45, 2.75) is 39.4 Å². The summed E-state index contributed by atoms with van der Waals surface area (Å²) in [6, 6.07) is 9.92. The monoisotopic (exact) mass is 423 g/mol. The maximum absolute atomic E-state index is 13.3. The van der Waals surface area contributed by atoms with Gasteiger partial charge in [-0.2, -0.15) is 0 Å². The Balaban J connectivity index is 1.49. The minimum absolute atomic E-state index is 0.0297. The highest BCUT2D eigenvalue weighted by atomic mass is 16.5. The first-order valence-electron chi connectivity index (χ1n) is 11.1. The van der Waals surface area contributed by atoms with Crippen LogP contribution in [0.2, 0.25) is 0 Å². The molecule has 0 radical (unpaired) electrons. The van der Waals surface area contributed by atoms with Gasteiger partial charge in [0.25, 0.3) is 5.91 Å². The Morgan fingerprint density at radius 3 is 2.45 bits per heavy atom. The lowest BCUT2D eigenvalue weighted by Gasteiger charge is -2.32. The first kappa shape index (κ1) is 21.7. The van der Waals surface area contributed by atoms with Crippen molar-refractivity contribution in [3.8, 4) is 11.5 Å². The molecule has 31 heavy (non-hydrogen) atoms. The minimum Gasteiger partial charge on any atom is -0.507 e. The summed E-state index contributed by atoms with van der Waals surface area (Å²) in [6.45, 7) is 10.6. The molecule has 1 fully saturated rings. The van der Waals surface area contributed by atoms with Gasteiger partial charge in [0.15, 0.2) is 0 Å². The third-order valence-corrected chi connectivity index (χ3v) is 6.48. The zero-order valence-electron chi connectivity index (χ0n) is 19.0. The third kappa shape index (κ3) is 4.55. The molecule has 2 aromatic carbocycles. The van der Waals surface area contributed by atoms with E-state index in [1.54, 1.807) is 19.2 Å². The number of phenols is 1. The molecule has 166 valence electrons. The van der Waals surface area contributed by atoms with Crippen molar-refractivity contribution in [2.75, 3.05) is 40.3 Å². The Kier molecular flexibility index (Phi) is 6.21. The Labute approximate surface area is 185 Å². The van der Waals surface area contributed by atoms with Gasteiger partial charge in [-0.25, -0.2) is 0 Å². The molecule has 0 atom stereocenters. The first-order chi connectivity index (χ1) is 14.9. The number of rotatable bonds is 5. The molecular weight excluding hydrogens is 390 g/mol. The van der Waals surface area contributed by atoms with Gasteiger partial charge in [-0.1, -0.05) is 32.0 Å². The minimum atomic E-state index is -0.140. The lowest BCUT2D eigenvalue weighted by Crippen LogP contribution is -2.43. The van der Waals surface area contributed by atoms with Crippen LogP contribution >= 0.6 is 0 Å². The Morgan fingerprint density at radius 2 is 1.77 bits per heavy atom. The van der Waals surface area contributed by atoms with Gasteiger partial charge >= 0.3 is 0 Å². The van der Waals surface area contributed by atoms with Gasteiger partial charge in [-0.05, 0) is 41.3 Å². The van der Waals surface area contributed by atoms with E-state index in [9.17, 15) is 9.90 Å². The number of hydrogen-bond acceptors (Lipinski definition) is 5. The van der Waals surface area contributed by atoms with Gasteiger partial charge in [0.05, 0.1) is 12.7 Å². The summed E-state index contributed by atoms with van der Waals surface area (Å²) >= 11 is 0. The molecule has 0 aliphatic carbocycles. The van der Waals surface area contributed by atoms with Crippen molar-refractivity contribution in [1.29, 1.82) is 0 Å². The van der Waals surface area contributed by atoms with Crippen LogP contribution in [0.4, 0.5) is 0 Å². The van der Waals surface area contributed by atoms with Gasteiger partial charge < -0.3 is 19.6 Å². The number of carbonyl (C=O) groups excluding carboxylic acids is 1. The number of methoxy groups -OCH3 is 1. The molecule has 2 aromatic rings. The van der Waals surface area contributed by atoms with E-state index in [-0.39, 0.29) is 17.6 Å². The van der Waals surface area contributed by atoms with E-state index in [1.807, 2.05) is 4.90 Å². The quantitative estimate of drug-likeness (QED) is 0.799. The number of amides is 1. The second-order valence-corrected chi connectivity index (χ2v) is 9.11. The van der Waals surface area contributed by atoms with Crippen LogP contribution in [0, 0.1) is 0 Å². The van der Waals surface area contributed by atoms with Gasteiger partial charge in [-0.3, -0.25) is 9.69 Å². The third-order valence-electron chi connectivity index (χ3n) is 6.48. The summed E-state index contributed by atoms with van der Waals surface area (Å²) in [4.78, 5) is 19.9. The largest absolute Gasteiger partial charge is 0.507 e. The number of piperazine rings is 1. The molecule has 1 N–H and O–H groups in total. The van der Waals surface area contributed by atoms with Crippen molar-refractivity contribution in [2.24, 2.45) is 0 Å². The van der Waals surface area contributed by atoms with Crippen molar-refractivity contribution in [1.82, 2.24) is 14.7 Å². The summed E-state index contributed by atoms with van der Waals surface area (Å²) in [6.07, 6.45) is 0. The molecule has 6 heteroatoms. The molecule has 4 rings (SSSR count). The van der Waals surface area contributed by atoms with E-state index in [4.69, 9.17) is 4.74 Å². The molecule has 1 saturated heterocycles. The summed E-state index contributed by atoms with van der Waals surface area (Å²) in [5.41, 5.74) is 4.96. The fraction of sp³-hybridized carbons (Fsp3) is 0.480. The molecule has 2 aliphatic heterocycles. The highest BCUT2D eigenvalue weighted by Crippen LogP contribution is 2.35. The number of fused-ring (bicyclic) bond motifs is 1. The van der Waals surface area contributed by atoms with Gasteiger partial charge in [-0.15, -0.1) is 0 Å². The van der Waals surface area contributed by atoms with Gasteiger partial charge in [0.2, 0.25) is 0 Å². The van der Waals surface area contributed by atoms with Crippen LogP contribution in [0.25, 0.3) is 0 Å². The zero-order chi connectivity index (χ0) is 22.1. The van der Waals surface area contributed by atoms with E-state index < -0.39 is 0 Å². The van der Waals surface area contributed by atoms with Crippen molar-refractivity contribution < 1.29 is 14.6 Å². The number of nitrogens with zero attached hydrogens (tertiary/aromatic N) is 3. The number of benzene rings is 2. The van der Waals surface area contributed by atoms with Crippen LogP contribution in [0.3, 0.4) is 0 Å². The van der Waals surface area contributed by atoms with Crippen molar-refractivity contribution >= 4 is 5.91 Å². The SMILES string of the molecule is COc1cc(O)c(C(=O)N2Cc3ccc(CN4CCN(C)CC4)cc3C2)cc1C(C)C. The van der Waals surface area contributed by atoms with Crippen LogP contribution in [0.15, 0.2) is 30.3 Å². The molecule has 0 unspecified atom stereocenters. The summed E-state index contributed by atoms with van der Waals surface area (Å²) in [5, 5.41) is 10.5. The molecule has 2 heterocycles. The van der Waals surface area contributed by atoms with Crippen molar-refractivity contribution in [3.05, 3.63) is 58.1 Å². The second kappa shape index (κ2) is 8.89. The lowest BCUT2D eigenvalue weighted by molar-refractivity contribution is 0.0748. The average molecular weight is 424 g/mol. The molecule has 0 aromatic heterocycles. The molecule has 1 amide bonds. The fourth-order valence-corrected chi connectivity index (χ4v) is 4.51. The number of carbonyl (C=O) groups is 1. The summed E-state index contributed by atoms with van der Waals surface area (Å²) < 4.78 is 5.39. The Hall–Kier alpha value is -2.57. The predicted molar refractivity (Wildman–Crippen MR) is 122 cm³/mol. The highest BCUT2D eigenvalue weighted by Gasteiger charge is 2.28. The number of aromatic hydroxyl groups is 1. The van der Waals surface area contributed by atoms with Crippen LogP contribution in [-0.4, -0.2) is 66.0 Å². The molecule has 6 nitrogen and oxygen atoms in total. The second-order valence-electron chi connectivity index (χ2n) is 9.11. The van der Waals surface area contributed by atoms with E-state index >= 15 is 0 Å². The molecule has 0 bridgehead atoms. The molecule has 2 aliphatic rings. The standard InChI is InChI=1S/C25H33N3O3/c1-17(2)21-12-22(23(29)13-24(21)31-4)25(30)28-15-19-6-5-18(11-20(19)16-28)14-27-9-7-26(3)8-10-27/h5-6,11-13,17,29H,7-10,14-16H2,1-4H3. The van der Waals surface area contributed by atoms with Crippen LogP contribution in [0.1, 0.15) is 52.4 Å². The van der Waals surface area contributed by atoms with Crippen LogP contribution in [0.5, 0.6) is 11.5 Å². The predicted octanol–water partition coefficient (Wildman–Crippen LogP) is 3.43. The van der Waals surface area contributed by atoms with E-state index in [0.29, 0.717) is 24.4 Å². The number of hydrogen-bond donors (Lipinski definition) is 1. The van der Waals surface area contributed by atoms with E-state index in [2.05, 4.69) is 48.9 Å². The van der Waals surface area contributed by atoms with Gasteiger partial charge in [0, 0.05) is 51.9 Å². The van der Waals surface area contributed by atoms with Crippen molar-refractivity contribution in [3.63, 3.8) is 0 Å². The van der Waals surface area contributed by atoms with Crippen LogP contribution < -0.4 is 4.74 Å². The fourth-order valence-electron chi connectivity index (χ4n) is 4.51. The highest BCUT2D eigenvalue weighted by molar-refractivity contribution is 5.97. The maximum Gasteiger partial charge on any atom is 0.258 e. The van der Waals surface area contributed by atoms with Gasteiger partial charge in [0.1, 0.15) is 11.5 Å². The Bertz CT molecular complexity index is 965. The molecule has 0 spiro atoms. The number of ether oxygens (including phenoxy) is 1. The summed E-state index contributed by atoms with van der Waals surface area (Å²) in [7, 11) is 3.75.